The van der Waals surface area contributed by atoms with Gasteiger partial charge in [-0.1, -0.05) is 48.5 Å². The summed E-state index contributed by atoms with van der Waals surface area (Å²) in [5.74, 6) is 0. The molecule has 0 fully saturated rings. The fourth-order valence-corrected chi connectivity index (χ4v) is 3.12. The van der Waals surface area contributed by atoms with Crippen molar-refractivity contribution in [2.75, 3.05) is 0 Å². The molecule has 1 aromatic heterocycles. The zero-order valence-corrected chi connectivity index (χ0v) is 11.1. The van der Waals surface area contributed by atoms with E-state index in [1.165, 1.54) is 21.5 Å². The Hall–Kier alpha value is -2.61. The number of aldehydes is 1. The highest BCUT2D eigenvalue weighted by molar-refractivity contribution is 6.18. The van der Waals surface area contributed by atoms with E-state index in [2.05, 4.69) is 42.5 Å². The Kier molecular flexibility index (Phi) is 2.21. The number of rotatable bonds is 1. The number of aromatic nitrogens is 1. The third-order valence-corrected chi connectivity index (χ3v) is 4.02. The van der Waals surface area contributed by atoms with Crippen LogP contribution in [0.1, 0.15) is 10.4 Å². The van der Waals surface area contributed by atoms with Crippen LogP contribution in [0, 0.1) is 0 Å². The molecule has 0 saturated carbocycles. The molecule has 0 radical (unpaired) electrons. The summed E-state index contributed by atoms with van der Waals surface area (Å²) < 4.78 is 2.04. The molecule has 96 valence electrons. The third kappa shape index (κ3) is 1.36. The summed E-state index contributed by atoms with van der Waals surface area (Å²) in [5.41, 5.74) is 1.87. The van der Waals surface area contributed by atoms with Crippen molar-refractivity contribution in [1.82, 2.24) is 4.57 Å². The summed E-state index contributed by atoms with van der Waals surface area (Å²) in [6, 6.07) is 16.8. The van der Waals surface area contributed by atoms with Crippen molar-refractivity contribution in [3.8, 4) is 0 Å². The Morgan fingerprint density at radius 1 is 0.850 bits per heavy atom. The molecule has 0 saturated heterocycles. The first-order valence-electron chi connectivity index (χ1n) is 6.64. The number of carbonyl (C=O) groups is 1. The zero-order chi connectivity index (χ0) is 13.7. The van der Waals surface area contributed by atoms with E-state index in [4.69, 9.17) is 0 Å². The predicted molar refractivity (Wildman–Crippen MR) is 83.3 cm³/mol. The van der Waals surface area contributed by atoms with Gasteiger partial charge >= 0.3 is 0 Å². The standard InChI is InChI=1S/C18H13NO/c1-19-10-13(11-20)15-8-9-16-14-5-3-2-4-12(14)6-7-17(16)18(15)19/h2-11H,1H3. The van der Waals surface area contributed by atoms with Crippen molar-refractivity contribution >= 4 is 38.7 Å². The maximum atomic E-state index is 11.2. The van der Waals surface area contributed by atoms with Crippen LogP contribution in [0.5, 0.6) is 0 Å². The lowest BCUT2D eigenvalue weighted by Crippen LogP contribution is -1.86. The summed E-state index contributed by atoms with van der Waals surface area (Å²) in [7, 11) is 1.99. The predicted octanol–water partition coefficient (Wildman–Crippen LogP) is 4.30. The fraction of sp³-hybridized carbons (Fsp3) is 0.0556. The topological polar surface area (TPSA) is 22.0 Å². The largest absolute Gasteiger partial charge is 0.349 e. The summed E-state index contributed by atoms with van der Waals surface area (Å²) in [5, 5.41) is 5.93. The average Bonchev–Trinajstić information content (AvgIpc) is 2.83. The molecule has 2 heteroatoms. The lowest BCUT2D eigenvalue weighted by Gasteiger charge is -2.07. The van der Waals surface area contributed by atoms with E-state index in [9.17, 15) is 4.79 Å². The van der Waals surface area contributed by atoms with Crippen LogP contribution in [0.2, 0.25) is 0 Å². The van der Waals surface area contributed by atoms with Gasteiger partial charge in [0.15, 0.2) is 6.29 Å². The van der Waals surface area contributed by atoms with Gasteiger partial charge in [0.05, 0.1) is 5.52 Å². The van der Waals surface area contributed by atoms with Crippen molar-refractivity contribution in [2.45, 2.75) is 0 Å². The Morgan fingerprint density at radius 3 is 2.45 bits per heavy atom. The molecule has 4 aromatic rings. The van der Waals surface area contributed by atoms with Gasteiger partial charge in [0.2, 0.25) is 0 Å². The number of hydrogen-bond acceptors (Lipinski definition) is 1. The van der Waals surface area contributed by atoms with Crippen LogP contribution in [0.4, 0.5) is 0 Å². The van der Waals surface area contributed by atoms with Crippen LogP contribution in [0.3, 0.4) is 0 Å². The Morgan fingerprint density at radius 2 is 1.60 bits per heavy atom. The molecule has 4 rings (SSSR count). The Balaban J connectivity index is 2.29. The highest BCUT2D eigenvalue weighted by atomic mass is 16.1. The second-order valence-electron chi connectivity index (χ2n) is 5.16. The molecule has 0 aliphatic carbocycles. The van der Waals surface area contributed by atoms with Crippen LogP contribution in [-0.4, -0.2) is 10.9 Å². The highest BCUT2D eigenvalue weighted by Gasteiger charge is 2.10. The molecular weight excluding hydrogens is 246 g/mol. The van der Waals surface area contributed by atoms with Gasteiger partial charge in [-0.05, 0) is 16.2 Å². The van der Waals surface area contributed by atoms with E-state index < -0.39 is 0 Å². The fourth-order valence-electron chi connectivity index (χ4n) is 3.12. The first-order chi connectivity index (χ1) is 9.79. The number of hydrogen-bond donors (Lipinski definition) is 0. The average molecular weight is 259 g/mol. The summed E-state index contributed by atoms with van der Waals surface area (Å²) in [6.07, 6.45) is 2.82. The molecule has 20 heavy (non-hydrogen) atoms. The normalized spacial score (nSPS) is 11.4. The molecule has 0 bridgehead atoms. The number of fused-ring (bicyclic) bond motifs is 5. The van der Waals surface area contributed by atoms with Crippen molar-refractivity contribution < 1.29 is 4.79 Å². The third-order valence-electron chi connectivity index (χ3n) is 4.02. The number of aryl methyl sites for hydroxylation is 1. The van der Waals surface area contributed by atoms with Crippen LogP contribution >= 0.6 is 0 Å². The van der Waals surface area contributed by atoms with Crippen molar-refractivity contribution in [3.05, 3.63) is 60.3 Å². The first-order valence-corrected chi connectivity index (χ1v) is 6.64. The summed E-state index contributed by atoms with van der Waals surface area (Å²) in [6.45, 7) is 0. The number of benzene rings is 3. The second-order valence-corrected chi connectivity index (χ2v) is 5.16. The second kappa shape index (κ2) is 3.94. The van der Waals surface area contributed by atoms with Crippen LogP contribution in [0.15, 0.2) is 54.7 Å². The molecule has 3 aromatic carbocycles. The Labute approximate surface area is 116 Å². The molecule has 0 aliphatic heterocycles. The molecule has 0 N–H and O–H groups in total. The lowest BCUT2D eigenvalue weighted by atomic mass is 9.99. The van der Waals surface area contributed by atoms with Gasteiger partial charge < -0.3 is 4.57 Å². The highest BCUT2D eigenvalue weighted by Crippen LogP contribution is 2.32. The number of nitrogens with zero attached hydrogens (tertiary/aromatic N) is 1. The molecule has 1 heterocycles. The number of carbonyl (C=O) groups excluding carboxylic acids is 1. The zero-order valence-electron chi connectivity index (χ0n) is 11.1. The van der Waals surface area contributed by atoms with Gasteiger partial charge in [-0.2, -0.15) is 0 Å². The van der Waals surface area contributed by atoms with E-state index in [1.807, 2.05) is 23.9 Å². The van der Waals surface area contributed by atoms with E-state index in [-0.39, 0.29) is 0 Å². The minimum Gasteiger partial charge on any atom is -0.349 e. The molecule has 0 aliphatic rings. The molecule has 0 spiro atoms. The van der Waals surface area contributed by atoms with Gasteiger partial charge in [0.25, 0.3) is 0 Å². The molecule has 2 nitrogen and oxygen atoms in total. The van der Waals surface area contributed by atoms with E-state index in [0.717, 1.165) is 22.8 Å². The molecule has 0 amide bonds. The minimum atomic E-state index is 0.748. The van der Waals surface area contributed by atoms with E-state index >= 15 is 0 Å². The summed E-state index contributed by atoms with van der Waals surface area (Å²) >= 11 is 0. The maximum absolute atomic E-state index is 11.2. The SMILES string of the molecule is Cn1cc(C=O)c2ccc3c4ccccc4ccc3c21. The van der Waals surface area contributed by atoms with Gasteiger partial charge in [-0.3, -0.25) is 4.79 Å². The van der Waals surface area contributed by atoms with Gasteiger partial charge in [-0.25, -0.2) is 0 Å². The van der Waals surface area contributed by atoms with Crippen LogP contribution in [0.25, 0.3) is 32.4 Å². The molecule has 0 unspecified atom stereocenters. The smallest absolute Gasteiger partial charge is 0.152 e. The minimum absolute atomic E-state index is 0.748. The quantitative estimate of drug-likeness (QED) is 0.369. The van der Waals surface area contributed by atoms with Gasteiger partial charge in [0.1, 0.15) is 0 Å². The molecule has 0 atom stereocenters. The maximum Gasteiger partial charge on any atom is 0.152 e. The van der Waals surface area contributed by atoms with E-state index in [1.54, 1.807) is 0 Å². The van der Waals surface area contributed by atoms with Crippen molar-refractivity contribution in [2.24, 2.45) is 7.05 Å². The van der Waals surface area contributed by atoms with E-state index in [0.29, 0.717) is 0 Å². The Bertz CT molecular complexity index is 979. The molecular formula is C18H13NO. The van der Waals surface area contributed by atoms with Crippen LogP contribution in [-0.2, 0) is 7.05 Å². The first kappa shape index (κ1) is 11.2. The lowest BCUT2D eigenvalue weighted by molar-refractivity contribution is 0.112. The van der Waals surface area contributed by atoms with Gasteiger partial charge in [0, 0.05) is 29.6 Å². The monoisotopic (exact) mass is 259 g/mol. The van der Waals surface area contributed by atoms with Crippen LogP contribution < -0.4 is 0 Å². The van der Waals surface area contributed by atoms with Crippen molar-refractivity contribution in [1.29, 1.82) is 0 Å². The van der Waals surface area contributed by atoms with Crippen molar-refractivity contribution in [3.63, 3.8) is 0 Å². The van der Waals surface area contributed by atoms with Gasteiger partial charge in [-0.15, -0.1) is 0 Å². The summed E-state index contributed by atoms with van der Waals surface area (Å²) in [4.78, 5) is 11.2.